The summed E-state index contributed by atoms with van der Waals surface area (Å²) >= 11 is 0. The zero-order chi connectivity index (χ0) is 23.7. The summed E-state index contributed by atoms with van der Waals surface area (Å²) in [4.78, 5) is 25.3. The van der Waals surface area contributed by atoms with Crippen molar-refractivity contribution in [3.05, 3.63) is 60.2 Å². The van der Waals surface area contributed by atoms with Crippen LogP contribution < -0.4 is 0 Å². The Bertz CT molecular complexity index is 807. The number of hydrogen-bond acceptors (Lipinski definition) is 3. The smallest absolute Gasteiger partial charge is 0.306 e. The molecule has 0 radical (unpaired) electrons. The number of carboxylic acids is 1. The molecule has 2 N–H and O–H groups in total. The Morgan fingerprint density at radius 1 is 1.25 bits per heavy atom. The lowest BCUT2D eigenvalue weighted by Crippen LogP contribution is -2.43. The van der Waals surface area contributed by atoms with Gasteiger partial charge in [-0.25, -0.2) is 0 Å². The summed E-state index contributed by atoms with van der Waals surface area (Å²) in [6, 6.07) is 6.79. The number of rotatable bonds is 11. The number of aliphatic hydroxyl groups excluding tert-OH is 1. The average Bonchev–Trinajstić information content (AvgIpc) is 2.75. The van der Waals surface area contributed by atoms with Crippen LogP contribution in [0.2, 0.25) is 0 Å². The molecule has 1 aromatic rings. The second kappa shape index (κ2) is 11.9. The van der Waals surface area contributed by atoms with Crippen LogP contribution in [-0.2, 0) is 15.5 Å². The Kier molecular flexibility index (Phi) is 9.57. The highest BCUT2D eigenvalue weighted by molar-refractivity contribution is 5.77. The molecule has 3 atom stereocenters. The number of nitrogens with zero attached hydrogens (tertiary/aromatic N) is 1. The Balaban J connectivity index is 1.98. The summed E-state index contributed by atoms with van der Waals surface area (Å²) in [7, 11) is 0. The van der Waals surface area contributed by atoms with Crippen LogP contribution in [0.3, 0.4) is 0 Å². The second-order valence-corrected chi connectivity index (χ2v) is 8.56. The van der Waals surface area contributed by atoms with Gasteiger partial charge in [0.05, 0.1) is 12.0 Å². The van der Waals surface area contributed by atoms with E-state index in [1.54, 1.807) is 11.0 Å². The lowest BCUT2D eigenvalue weighted by molar-refractivity contribution is -0.143. The van der Waals surface area contributed by atoms with Gasteiger partial charge in [0, 0.05) is 18.5 Å². The summed E-state index contributed by atoms with van der Waals surface area (Å²) in [5.41, 5.74) is -0.266. The lowest BCUT2D eigenvalue weighted by atomic mass is 9.91. The lowest BCUT2D eigenvalue weighted by Gasteiger charge is -2.33. The molecule has 32 heavy (non-hydrogen) atoms. The fourth-order valence-electron chi connectivity index (χ4n) is 3.89. The van der Waals surface area contributed by atoms with Crippen molar-refractivity contribution in [1.82, 2.24) is 4.90 Å². The highest BCUT2D eigenvalue weighted by Crippen LogP contribution is 2.32. The zero-order valence-corrected chi connectivity index (χ0v) is 18.7. The molecule has 1 aliphatic heterocycles. The summed E-state index contributed by atoms with van der Waals surface area (Å²) < 4.78 is 29.0. The SMILES string of the molecule is CC(C)C(CCC=CCN1C(=O)CCC[C@@H]1C=C[C@@H](O)C(F)(F)c1ccccc1)C(=O)O. The van der Waals surface area contributed by atoms with Gasteiger partial charge < -0.3 is 15.1 Å². The number of hydrogen-bond donors (Lipinski definition) is 2. The van der Waals surface area contributed by atoms with E-state index in [4.69, 9.17) is 0 Å². The standard InChI is InChI=1S/C25H33F2NO4/c1-18(2)21(24(31)32)13-7-4-8-17-28-20(12-9-14-23(28)30)15-16-22(29)25(26,27)19-10-5-3-6-11-19/h3-6,8,10-11,15-16,18,20-22,29H,7,9,12-14,17H2,1-2H3,(H,31,32)/t20-,21?,22-/m1/s1. The first-order valence-electron chi connectivity index (χ1n) is 11.1. The van der Waals surface area contributed by atoms with Crippen molar-refractivity contribution in [2.45, 2.75) is 64.0 Å². The van der Waals surface area contributed by atoms with Gasteiger partial charge in [-0.15, -0.1) is 0 Å². The minimum absolute atomic E-state index is 0.0412. The van der Waals surface area contributed by atoms with Crippen molar-refractivity contribution in [2.75, 3.05) is 6.54 Å². The fraction of sp³-hybridized carbons (Fsp3) is 0.520. The number of amides is 1. The number of aliphatic carboxylic acids is 1. The van der Waals surface area contributed by atoms with Gasteiger partial charge in [-0.3, -0.25) is 9.59 Å². The van der Waals surface area contributed by atoms with Gasteiger partial charge >= 0.3 is 11.9 Å². The van der Waals surface area contributed by atoms with E-state index in [0.29, 0.717) is 38.6 Å². The predicted molar refractivity (Wildman–Crippen MR) is 119 cm³/mol. The molecule has 1 aromatic carbocycles. The third-order valence-corrected chi connectivity index (χ3v) is 5.89. The molecule has 0 saturated carbocycles. The van der Waals surface area contributed by atoms with E-state index in [1.165, 1.54) is 30.3 Å². The van der Waals surface area contributed by atoms with Crippen molar-refractivity contribution in [1.29, 1.82) is 0 Å². The van der Waals surface area contributed by atoms with Crippen LogP contribution in [0.25, 0.3) is 0 Å². The van der Waals surface area contributed by atoms with Gasteiger partial charge in [0.1, 0.15) is 6.10 Å². The molecule has 2 rings (SSSR count). The molecule has 0 aromatic heterocycles. The van der Waals surface area contributed by atoms with Gasteiger partial charge in [0.15, 0.2) is 0 Å². The van der Waals surface area contributed by atoms with Gasteiger partial charge in [-0.2, -0.15) is 8.78 Å². The number of benzene rings is 1. The molecule has 1 aliphatic rings. The monoisotopic (exact) mass is 449 g/mol. The van der Waals surface area contributed by atoms with Gasteiger partial charge in [-0.05, 0) is 31.6 Å². The van der Waals surface area contributed by atoms with E-state index in [9.17, 15) is 28.6 Å². The predicted octanol–water partition coefficient (Wildman–Crippen LogP) is 4.77. The molecule has 1 amide bonds. The first-order chi connectivity index (χ1) is 15.1. The first kappa shape index (κ1) is 25.7. The van der Waals surface area contributed by atoms with E-state index in [1.807, 2.05) is 26.0 Å². The molecule has 0 aliphatic carbocycles. The van der Waals surface area contributed by atoms with E-state index in [-0.39, 0.29) is 23.4 Å². The maximum Gasteiger partial charge on any atom is 0.306 e. The quantitative estimate of drug-likeness (QED) is 0.477. The molecule has 0 spiro atoms. The van der Waals surface area contributed by atoms with Crippen LogP contribution in [0, 0.1) is 11.8 Å². The van der Waals surface area contributed by atoms with Crippen LogP contribution >= 0.6 is 0 Å². The summed E-state index contributed by atoms with van der Waals surface area (Å²) in [6.07, 6.45) is 7.04. The normalized spacial score (nSPS) is 19.8. The largest absolute Gasteiger partial charge is 0.481 e. The van der Waals surface area contributed by atoms with Gasteiger partial charge in [-0.1, -0.05) is 68.5 Å². The van der Waals surface area contributed by atoms with E-state index in [0.717, 1.165) is 6.08 Å². The van der Waals surface area contributed by atoms with Crippen molar-refractivity contribution in [3.8, 4) is 0 Å². The zero-order valence-electron chi connectivity index (χ0n) is 18.7. The topological polar surface area (TPSA) is 77.8 Å². The number of halogens is 2. The molecule has 1 heterocycles. The average molecular weight is 450 g/mol. The third-order valence-electron chi connectivity index (χ3n) is 5.89. The van der Waals surface area contributed by atoms with Crippen molar-refractivity contribution in [3.63, 3.8) is 0 Å². The highest BCUT2D eigenvalue weighted by Gasteiger charge is 2.39. The minimum Gasteiger partial charge on any atom is -0.481 e. The Labute approximate surface area is 188 Å². The van der Waals surface area contributed by atoms with Crippen molar-refractivity contribution < 1.29 is 28.6 Å². The number of carbonyl (C=O) groups excluding carboxylic acids is 1. The third kappa shape index (κ3) is 6.99. The Hall–Kier alpha value is -2.54. The van der Waals surface area contributed by atoms with Crippen molar-refractivity contribution in [2.24, 2.45) is 11.8 Å². The van der Waals surface area contributed by atoms with Crippen molar-refractivity contribution >= 4 is 11.9 Å². The molecular weight excluding hydrogens is 416 g/mol. The van der Waals surface area contributed by atoms with Crippen LogP contribution in [-0.4, -0.2) is 45.7 Å². The number of allylic oxidation sites excluding steroid dienone is 1. The number of piperidine rings is 1. The minimum atomic E-state index is -3.43. The number of alkyl halides is 2. The fourth-order valence-corrected chi connectivity index (χ4v) is 3.89. The van der Waals surface area contributed by atoms with Gasteiger partial charge in [0.25, 0.3) is 0 Å². The molecule has 0 bridgehead atoms. The van der Waals surface area contributed by atoms with Crippen LogP contribution in [0.4, 0.5) is 8.78 Å². The first-order valence-corrected chi connectivity index (χ1v) is 11.1. The summed E-state index contributed by atoms with van der Waals surface area (Å²) in [5.74, 6) is -4.68. The molecule has 1 saturated heterocycles. The summed E-state index contributed by atoms with van der Waals surface area (Å²) in [5, 5.41) is 19.3. The second-order valence-electron chi connectivity index (χ2n) is 8.56. The molecular formula is C25H33F2NO4. The number of carboxylic acid groups (broad SMARTS) is 1. The number of carbonyl (C=O) groups is 2. The van der Waals surface area contributed by atoms with E-state index >= 15 is 0 Å². The van der Waals surface area contributed by atoms with Crippen LogP contribution in [0.1, 0.15) is 51.5 Å². The molecule has 1 unspecified atom stereocenters. The molecule has 1 fully saturated rings. The number of likely N-dealkylation sites (tertiary alicyclic amines) is 1. The maximum atomic E-state index is 14.5. The Morgan fingerprint density at radius 2 is 1.94 bits per heavy atom. The van der Waals surface area contributed by atoms with E-state index in [2.05, 4.69) is 0 Å². The van der Waals surface area contributed by atoms with E-state index < -0.39 is 23.9 Å². The van der Waals surface area contributed by atoms with Crippen LogP contribution in [0.15, 0.2) is 54.6 Å². The molecule has 7 heteroatoms. The Morgan fingerprint density at radius 3 is 2.56 bits per heavy atom. The highest BCUT2D eigenvalue weighted by atomic mass is 19.3. The molecule has 176 valence electrons. The van der Waals surface area contributed by atoms with Crippen LogP contribution in [0.5, 0.6) is 0 Å². The molecule has 5 nitrogen and oxygen atoms in total. The maximum absolute atomic E-state index is 14.5. The summed E-state index contributed by atoms with van der Waals surface area (Å²) in [6.45, 7) is 4.07. The number of aliphatic hydroxyl groups is 1. The van der Waals surface area contributed by atoms with Gasteiger partial charge in [0.2, 0.25) is 5.91 Å².